The molecule has 2 aliphatic rings. The molecule has 3 aromatic rings. The number of aromatic nitrogens is 1. The quantitative estimate of drug-likeness (QED) is 0.556. The molecule has 1 saturated heterocycles. The van der Waals surface area contributed by atoms with Crippen LogP contribution in [-0.4, -0.2) is 47.6 Å². The first-order valence-corrected chi connectivity index (χ1v) is 11.1. The molecule has 1 aromatic heterocycles. The lowest BCUT2D eigenvalue weighted by Crippen LogP contribution is -2.50. The maximum absolute atomic E-state index is 12.4. The molecule has 180 valence electrons. The number of piperidine rings is 1. The minimum absolute atomic E-state index is 0.118. The Morgan fingerprint density at radius 1 is 1.06 bits per heavy atom. The SMILES string of the molecule is COc1ccc2c(c1)NC1(CCN(C(O)c3ccc(OCC(F)(F)F)cc3)CC1)c1cccn1-2. The van der Waals surface area contributed by atoms with Crippen molar-refractivity contribution < 1.29 is 27.8 Å². The van der Waals surface area contributed by atoms with E-state index in [1.807, 2.05) is 29.2 Å². The topological polar surface area (TPSA) is 58.9 Å². The van der Waals surface area contributed by atoms with Gasteiger partial charge in [-0.25, -0.2) is 0 Å². The lowest BCUT2D eigenvalue weighted by molar-refractivity contribution is -0.153. The Kier molecular flexibility index (Phi) is 5.69. The van der Waals surface area contributed by atoms with Crippen LogP contribution >= 0.6 is 0 Å². The first-order chi connectivity index (χ1) is 16.3. The number of methoxy groups -OCH3 is 1. The number of anilines is 1. The highest BCUT2D eigenvalue weighted by Crippen LogP contribution is 2.45. The van der Waals surface area contributed by atoms with Gasteiger partial charge in [0.25, 0.3) is 0 Å². The highest BCUT2D eigenvalue weighted by molar-refractivity contribution is 5.69. The van der Waals surface area contributed by atoms with E-state index in [0.717, 1.165) is 30.0 Å². The maximum Gasteiger partial charge on any atom is 0.422 e. The first-order valence-electron chi connectivity index (χ1n) is 11.1. The summed E-state index contributed by atoms with van der Waals surface area (Å²) in [5.74, 6) is 0.902. The first kappa shape index (κ1) is 22.6. The average molecular weight is 473 g/mol. The van der Waals surface area contributed by atoms with Crippen molar-refractivity contribution in [1.82, 2.24) is 9.47 Å². The number of aliphatic hydroxyl groups is 1. The number of fused-ring (bicyclic) bond motifs is 4. The molecule has 1 unspecified atom stereocenters. The minimum atomic E-state index is -4.39. The number of likely N-dealkylation sites (tertiary alicyclic amines) is 1. The molecular weight excluding hydrogens is 447 g/mol. The van der Waals surface area contributed by atoms with Gasteiger partial charge in [0.05, 0.1) is 24.0 Å². The molecule has 34 heavy (non-hydrogen) atoms. The molecular formula is C25H26F3N3O3. The van der Waals surface area contributed by atoms with Gasteiger partial charge in [-0.05, 0) is 54.8 Å². The number of benzene rings is 2. The third kappa shape index (κ3) is 4.21. The molecule has 0 aliphatic carbocycles. The van der Waals surface area contributed by atoms with Gasteiger partial charge in [-0.1, -0.05) is 12.1 Å². The number of nitrogens with one attached hydrogen (secondary N) is 1. The molecule has 0 amide bonds. The van der Waals surface area contributed by atoms with Gasteiger partial charge >= 0.3 is 6.18 Å². The molecule has 1 fully saturated rings. The molecule has 2 N–H and O–H groups in total. The lowest BCUT2D eigenvalue weighted by atomic mass is 9.82. The van der Waals surface area contributed by atoms with Crippen LogP contribution in [0.25, 0.3) is 5.69 Å². The number of hydrogen-bond acceptors (Lipinski definition) is 5. The Balaban J connectivity index is 1.29. The van der Waals surface area contributed by atoms with Crippen molar-refractivity contribution in [2.45, 2.75) is 30.8 Å². The van der Waals surface area contributed by atoms with Crippen molar-refractivity contribution in [3.8, 4) is 17.2 Å². The monoisotopic (exact) mass is 473 g/mol. The summed E-state index contributed by atoms with van der Waals surface area (Å²) < 4.78 is 49.4. The van der Waals surface area contributed by atoms with Crippen LogP contribution in [0.15, 0.2) is 60.8 Å². The number of nitrogens with zero attached hydrogens (tertiary/aromatic N) is 2. The van der Waals surface area contributed by atoms with E-state index in [9.17, 15) is 18.3 Å². The Bertz CT molecular complexity index is 1150. The van der Waals surface area contributed by atoms with Crippen molar-refractivity contribution >= 4 is 5.69 Å². The highest BCUT2D eigenvalue weighted by Gasteiger charge is 2.42. The van der Waals surface area contributed by atoms with E-state index in [4.69, 9.17) is 9.47 Å². The zero-order valence-electron chi connectivity index (χ0n) is 18.7. The number of rotatable bonds is 5. The van der Waals surface area contributed by atoms with Crippen molar-refractivity contribution in [3.63, 3.8) is 0 Å². The largest absolute Gasteiger partial charge is 0.497 e. The summed E-state index contributed by atoms with van der Waals surface area (Å²) in [5.41, 5.74) is 3.61. The molecule has 0 radical (unpaired) electrons. The van der Waals surface area contributed by atoms with Crippen molar-refractivity contribution in [2.24, 2.45) is 0 Å². The van der Waals surface area contributed by atoms with E-state index in [1.54, 1.807) is 19.2 Å². The van der Waals surface area contributed by atoms with E-state index in [-0.39, 0.29) is 11.3 Å². The Morgan fingerprint density at radius 2 is 1.76 bits per heavy atom. The molecule has 6 nitrogen and oxygen atoms in total. The molecule has 1 atom stereocenters. The van der Waals surface area contributed by atoms with Gasteiger partial charge in [-0.2, -0.15) is 13.2 Å². The van der Waals surface area contributed by atoms with Crippen LogP contribution in [-0.2, 0) is 5.54 Å². The Labute approximate surface area is 195 Å². The fourth-order valence-electron chi connectivity index (χ4n) is 4.90. The van der Waals surface area contributed by atoms with E-state index in [2.05, 4.69) is 22.1 Å². The Hall–Kier alpha value is -3.17. The van der Waals surface area contributed by atoms with E-state index < -0.39 is 19.0 Å². The van der Waals surface area contributed by atoms with Crippen molar-refractivity contribution in [3.05, 3.63) is 72.1 Å². The van der Waals surface area contributed by atoms with Gasteiger partial charge < -0.3 is 24.5 Å². The van der Waals surface area contributed by atoms with Crippen LogP contribution in [0.3, 0.4) is 0 Å². The summed E-state index contributed by atoms with van der Waals surface area (Å²) in [5, 5.41) is 14.7. The molecule has 2 aliphatic heterocycles. The standard InChI is InChI=1S/C25H26F3N3O3/c1-33-19-8-9-21-20(15-19)29-24(22-3-2-12-31(21)22)10-13-30(14-11-24)23(32)17-4-6-18(7-5-17)34-16-25(26,27)28/h2-9,12,15,23,29,32H,10-11,13-14,16H2,1H3. The zero-order valence-corrected chi connectivity index (χ0v) is 18.7. The second kappa shape index (κ2) is 8.56. The third-order valence-electron chi connectivity index (χ3n) is 6.65. The van der Waals surface area contributed by atoms with Crippen LogP contribution in [0.1, 0.15) is 30.3 Å². The second-order valence-electron chi connectivity index (χ2n) is 8.74. The van der Waals surface area contributed by atoms with Crippen molar-refractivity contribution in [2.75, 3.05) is 32.1 Å². The summed E-state index contributed by atoms with van der Waals surface area (Å²) >= 11 is 0. The van der Waals surface area contributed by atoms with Gasteiger partial charge in [-0.3, -0.25) is 4.90 Å². The molecule has 2 aromatic carbocycles. The second-order valence-corrected chi connectivity index (χ2v) is 8.74. The van der Waals surface area contributed by atoms with Gasteiger partial charge in [0, 0.05) is 31.0 Å². The van der Waals surface area contributed by atoms with Gasteiger partial charge in [-0.15, -0.1) is 0 Å². The van der Waals surface area contributed by atoms with Gasteiger partial charge in [0.15, 0.2) is 6.61 Å². The maximum atomic E-state index is 12.4. The number of hydrogen-bond donors (Lipinski definition) is 2. The highest BCUT2D eigenvalue weighted by atomic mass is 19.4. The normalized spacial score (nSPS) is 18.0. The summed E-state index contributed by atoms with van der Waals surface area (Å²) in [6.45, 7) is -0.0528. The summed E-state index contributed by atoms with van der Waals surface area (Å²) in [7, 11) is 1.65. The van der Waals surface area contributed by atoms with Gasteiger partial charge in [0.2, 0.25) is 0 Å². The van der Waals surface area contributed by atoms with E-state index in [1.165, 1.54) is 17.8 Å². The zero-order chi connectivity index (χ0) is 23.9. The summed E-state index contributed by atoms with van der Waals surface area (Å²) in [6.07, 6.45) is -1.63. The third-order valence-corrected chi connectivity index (χ3v) is 6.65. The summed E-state index contributed by atoms with van der Waals surface area (Å²) in [6, 6.07) is 16.3. The molecule has 0 saturated carbocycles. The molecule has 1 spiro atoms. The average Bonchev–Trinajstić information content (AvgIpc) is 3.34. The number of aliphatic hydroxyl groups excluding tert-OH is 1. The fourth-order valence-corrected chi connectivity index (χ4v) is 4.90. The number of halogens is 3. The smallest absolute Gasteiger partial charge is 0.422 e. The number of alkyl halides is 3. The van der Waals surface area contributed by atoms with Crippen LogP contribution in [0, 0.1) is 0 Å². The van der Waals surface area contributed by atoms with Crippen LogP contribution in [0.2, 0.25) is 0 Å². The van der Waals surface area contributed by atoms with E-state index >= 15 is 0 Å². The lowest BCUT2D eigenvalue weighted by Gasteiger charge is -2.47. The predicted molar refractivity (Wildman–Crippen MR) is 121 cm³/mol. The Morgan fingerprint density at radius 3 is 2.44 bits per heavy atom. The minimum Gasteiger partial charge on any atom is -0.497 e. The molecule has 9 heteroatoms. The van der Waals surface area contributed by atoms with Gasteiger partial charge in [0.1, 0.15) is 17.7 Å². The molecule has 0 bridgehead atoms. The van der Waals surface area contributed by atoms with Crippen LogP contribution in [0.5, 0.6) is 11.5 Å². The molecule has 5 rings (SSSR count). The summed E-state index contributed by atoms with van der Waals surface area (Å²) in [4.78, 5) is 1.98. The predicted octanol–water partition coefficient (Wildman–Crippen LogP) is 4.83. The van der Waals surface area contributed by atoms with Crippen LogP contribution < -0.4 is 14.8 Å². The molecule has 3 heterocycles. The van der Waals surface area contributed by atoms with E-state index in [0.29, 0.717) is 18.7 Å². The van der Waals surface area contributed by atoms with Crippen LogP contribution in [0.4, 0.5) is 18.9 Å². The van der Waals surface area contributed by atoms with Crippen molar-refractivity contribution in [1.29, 1.82) is 0 Å². The fraction of sp³-hybridized carbons (Fsp3) is 0.360. The number of ether oxygens (including phenoxy) is 2.